The largest absolute Gasteiger partial charge is 0.299 e. The van der Waals surface area contributed by atoms with Crippen molar-refractivity contribution in [2.45, 2.75) is 39.0 Å². The van der Waals surface area contributed by atoms with E-state index >= 15 is 0 Å². The second-order valence-corrected chi connectivity index (χ2v) is 6.43. The van der Waals surface area contributed by atoms with Crippen LogP contribution in [-0.2, 0) is 11.2 Å². The number of benzene rings is 1. The van der Waals surface area contributed by atoms with E-state index in [4.69, 9.17) is 11.6 Å². The van der Waals surface area contributed by atoms with Crippen LogP contribution >= 0.6 is 27.5 Å². The summed E-state index contributed by atoms with van der Waals surface area (Å²) < 4.78 is 0.950. The van der Waals surface area contributed by atoms with Gasteiger partial charge in [-0.2, -0.15) is 0 Å². The van der Waals surface area contributed by atoms with E-state index in [-0.39, 0.29) is 5.41 Å². The molecule has 3 heteroatoms. The molecule has 1 aliphatic rings. The van der Waals surface area contributed by atoms with Gasteiger partial charge in [-0.3, -0.25) is 4.79 Å². The molecule has 1 saturated carbocycles. The van der Waals surface area contributed by atoms with Crippen molar-refractivity contribution in [3.63, 3.8) is 0 Å². The maximum Gasteiger partial charge on any atom is 0.143 e. The minimum absolute atomic E-state index is 0.115. The maximum atomic E-state index is 12.3. The molecule has 0 bridgehead atoms. The van der Waals surface area contributed by atoms with E-state index in [2.05, 4.69) is 22.9 Å². The Bertz CT molecular complexity index is 436. The van der Waals surface area contributed by atoms with E-state index in [0.717, 1.165) is 22.9 Å². The van der Waals surface area contributed by atoms with E-state index in [1.807, 2.05) is 18.2 Å². The fourth-order valence-electron chi connectivity index (χ4n) is 2.49. The third-order valence-corrected chi connectivity index (χ3v) is 4.59. The highest BCUT2D eigenvalue weighted by Gasteiger charge is 2.35. The van der Waals surface area contributed by atoms with E-state index in [1.54, 1.807) is 0 Å². The van der Waals surface area contributed by atoms with Crippen molar-refractivity contribution in [1.29, 1.82) is 0 Å². The Morgan fingerprint density at radius 2 is 2.06 bits per heavy atom. The van der Waals surface area contributed by atoms with Crippen molar-refractivity contribution in [2.24, 2.45) is 5.41 Å². The summed E-state index contributed by atoms with van der Waals surface area (Å²) in [6, 6.07) is 5.72. The van der Waals surface area contributed by atoms with Crippen LogP contribution in [0.25, 0.3) is 0 Å². The Kier molecular flexibility index (Phi) is 3.94. The van der Waals surface area contributed by atoms with Crippen molar-refractivity contribution in [3.8, 4) is 0 Å². The van der Waals surface area contributed by atoms with Gasteiger partial charge < -0.3 is 0 Å². The third-order valence-electron chi connectivity index (χ3n) is 3.75. The molecule has 0 spiro atoms. The molecule has 1 aromatic rings. The van der Waals surface area contributed by atoms with Crippen LogP contribution in [0.4, 0.5) is 0 Å². The summed E-state index contributed by atoms with van der Waals surface area (Å²) in [6.45, 7) is 2.09. The SMILES string of the molecule is CC1(C(=O)Cc2ccc(Br)cc2Cl)CCCC1. The summed E-state index contributed by atoms with van der Waals surface area (Å²) in [4.78, 5) is 12.3. The highest BCUT2D eigenvalue weighted by Crippen LogP contribution is 2.39. The normalized spacial score (nSPS) is 18.3. The maximum absolute atomic E-state index is 12.3. The zero-order chi connectivity index (χ0) is 12.5. The second-order valence-electron chi connectivity index (χ2n) is 5.10. The van der Waals surface area contributed by atoms with Crippen LogP contribution in [0.3, 0.4) is 0 Å². The number of hydrogen-bond donors (Lipinski definition) is 0. The third kappa shape index (κ3) is 2.92. The van der Waals surface area contributed by atoms with Crippen LogP contribution in [0, 0.1) is 5.41 Å². The summed E-state index contributed by atoms with van der Waals surface area (Å²) in [5.41, 5.74) is 0.823. The van der Waals surface area contributed by atoms with Gasteiger partial charge in [0.05, 0.1) is 0 Å². The van der Waals surface area contributed by atoms with Crippen molar-refractivity contribution in [1.82, 2.24) is 0 Å². The minimum Gasteiger partial charge on any atom is -0.299 e. The molecule has 1 aliphatic carbocycles. The van der Waals surface area contributed by atoms with Crippen molar-refractivity contribution in [2.75, 3.05) is 0 Å². The lowest BCUT2D eigenvalue weighted by Gasteiger charge is -2.21. The average Bonchev–Trinajstić information content (AvgIpc) is 2.71. The lowest BCUT2D eigenvalue weighted by atomic mass is 9.81. The number of rotatable bonds is 3. The number of carbonyl (C=O) groups is 1. The molecule has 0 unspecified atom stereocenters. The Morgan fingerprint density at radius 1 is 1.41 bits per heavy atom. The molecule has 0 radical (unpaired) electrons. The van der Waals surface area contributed by atoms with Gasteiger partial charge in [-0.05, 0) is 30.5 Å². The number of carbonyl (C=O) groups excluding carboxylic acids is 1. The zero-order valence-electron chi connectivity index (χ0n) is 9.93. The Hall–Kier alpha value is -0.340. The standard InChI is InChI=1S/C14H16BrClO/c1-14(6-2-3-7-14)13(17)8-10-4-5-11(15)9-12(10)16/h4-5,9H,2-3,6-8H2,1H3. The first-order valence-corrected chi connectivity index (χ1v) is 7.16. The van der Waals surface area contributed by atoms with Gasteiger partial charge in [0.2, 0.25) is 0 Å². The summed E-state index contributed by atoms with van der Waals surface area (Å²) in [6.07, 6.45) is 4.87. The van der Waals surface area contributed by atoms with E-state index in [1.165, 1.54) is 12.8 Å². The molecule has 0 aliphatic heterocycles. The fourth-order valence-corrected chi connectivity index (χ4v) is 3.23. The van der Waals surface area contributed by atoms with Gasteiger partial charge in [-0.1, -0.05) is 53.4 Å². The van der Waals surface area contributed by atoms with Crippen LogP contribution in [0.15, 0.2) is 22.7 Å². The van der Waals surface area contributed by atoms with Crippen LogP contribution < -0.4 is 0 Å². The molecule has 1 nitrogen and oxygen atoms in total. The van der Waals surface area contributed by atoms with Crippen LogP contribution in [-0.4, -0.2) is 5.78 Å². The van der Waals surface area contributed by atoms with Crippen molar-refractivity contribution < 1.29 is 4.79 Å². The topological polar surface area (TPSA) is 17.1 Å². The molecule has 0 atom stereocenters. The first-order valence-electron chi connectivity index (χ1n) is 5.98. The fraction of sp³-hybridized carbons (Fsp3) is 0.500. The smallest absolute Gasteiger partial charge is 0.143 e. The predicted octanol–water partition coefficient (Wildman–Crippen LogP) is 4.79. The first kappa shape index (κ1) is 13.1. The minimum atomic E-state index is -0.115. The molecular formula is C14H16BrClO. The number of halogens is 2. The quantitative estimate of drug-likeness (QED) is 0.783. The lowest BCUT2D eigenvalue weighted by molar-refractivity contribution is -0.126. The molecule has 92 valence electrons. The highest BCUT2D eigenvalue weighted by atomic mass is 79.9. The monoisotopic (exact) mass is 314 g/mol. The van der Waals surface area contributed by atoms with Gasteiger partial charge in [0.25, 0.3) is 0 Å². The van der Waals surface area contributed by atoms with E-state index in [0.29, 0.717) is 17.2 Å². The number of ketones is 1. The molecule has 0 heterocycles. The zero-order valence-corrected chi connectivity index (χ0v) is 12.3. The summed E-state index contributed by atoms with van der Waals surface area (Å²) >= 11 is 9.51. The Balaban J connectivity index is 2.13. The predicted molar refractivity (Wildman–Crippen MR) is 74.4 cm³/mol. The molecule has 0 amide bonds. The van der Waals surface area contributed by atoms with Gasteiger partial charge in [-0.25, -0.2) is 0 Å². The average molecular weight is 316 g/mol. The van der Waals surface area contributed by atoms with Gasteiger partial charge in [0, 0.05) is 21.3 Å². The molecule has 17 heavy (non-hydrogen) atoms. The van der Waals surface area contributed by atoms with Gasteiger partial charge in [-0.15, -0.1) is 0 Å². The van der Waals surface area contributed by atoms with Crippen LogP contribution in [0.1, 0.15) is 38.2 Å². The van der Waals surface area contributed by atoms with Crippen molar-refractivity contribution >= 4 is 33.3 Å². The first-order chi connectivity index (χ1) is 8.01. The van der Waals surface area contributed by atoms with Gasteiger partial charge in [0.15, 0.2) is 0 Å². The summed E-state index contributed by atoms with van der Waals surface area (Å²) in [5, 5.41) is 0.675. The Labute approximate surface area is 116 Å². The highest BCUT2D eigenvalue weighted by molar-refractivity contribution is 9.10. The van der Waals surface area contributed by atoms with E-state index < -0.39 is 0 Å². The second kappa shape index (κ2) is 5.11. The van der Waals surface area contributed by atoms with Crippen LogP contribution in [0.5, 0.6) is 0 Å². The van der Waals surface area contributed by atoms with Crippen molar-refractivity contribution in [3.05, 3.63) is 33.3 Å². The van der Waals surface area contributed by atoms with Gasteiger partial charge >= 0.3 is 0 Å². The summed E-state index contributed by atoms with van der Waals surface area (Å²) in [7, 11) is 0. The molecule has 0 N–H and O–H groups in total. The molecular weight excluding hydrogens is 300 g/mol. The van der Waals surface area contributed by atoms with Gasteiger partial charge in [0.1, 0.15) is 5.78 Å². The number of hydrogen-bond acceptors (Lipinski definition) is 1. The molecule has 1 fully saturated rings. The van der Waals surface area contributed by atoms with Crippen LogP contribution in [0.2, 0.25) is 5.02 Å². The molecule has 0 aromatic heterocycles. The number of Topliss-reactive ketones (excluding diaryl/α,β-unsaturated/α-hetero) is 1. The molecule has 0 saturated heterocycles. The molecule has 2 rings (SSSR count). The molecule has 1 aromatic carbocycles. The Morgan fingerprint density at radius 3 is 2.65 bits per heavy atom. The van der Waals surface area contributed by atoms with E-state index in [9.17, 15) is 4.79 Å². The lowest BCUT2D eigenvalue weighted by Crippen LogP contribution is -2.26. The summed E-state index contributed by atoms with van der Waals surface area (Å²) in [5.74, 6) is 0.333.